The van der Waals surface area contributed by atoms with E-state index in [9.17, 15) is 4.79 Å². The molecule has 0 amide bonds. The highest BCUT2D eigenvalue weighted by molar-refractivity contribution is 14.1. The first kappa shape index (κ1) is 20.0. The van der Waals surface area contributed by atoms with Gasteiger partial charge in [0.15, 0.2) is 11.5 Å². The van der Waals surface area contributed by atoms with Gasteiger partial charge in [0.2, 0.25) is 0 Å². The van der Waals surface area contributed by atoms with E-state index >= 15 is 0 Å². The van der Waals surface area contributed by atoms with Crippen molar-refractivity contribution in [2.45, 2.75) is 0 Å². The maximum atomic E-state index is 11.4. The van der Waals surface area contributed by atoms with E-state index in [1.54, 1.807) is 43.7 Å². The number of benzene rings is 2. The Morgan fingerprint density at radius 3 is 2.62 bits per heavy atom. The molecular formula is C18H19IN2O5. The van der Waals surface area contributed by atoms with Crippen molar-refractivity contribution < 1.29 is 24.1 Å². The average molecular weight is 470 g/mol. The molecule has 0 aliphatic carbocycles. The lowest BCUT2D eigenvalue weighted by Gasteiger charge is -2.12. The number of methoxy groups -OCH3 is 2. The number of carbonyl (C=O) groups is 1. The topological polar surface area (TPSA) is 89.4 Å². The molecule has 2 aromatic rings. The Labute approximate surface area is 165 Å². The molecule has 8 heteroatoms. The normalized spacial score (nSPS) is 10.6. The van der Waals surface area contributed by atoms with Crippen LogP contribution in [0, 0.1) is 3.57 Å². The fourth-order valence-corrected chi connectivity index (χ4v) is 2.86. The molecule has 0 unspecified atom stereocenters. The molecule has 0 heterocycles. The van der Waals surface area contributed by atoms with Gasteiger partial charge in [0.25, 0.3) is 0 Å². The smallest absolute Gasteiger partial charge is 0.337 e. The molecule has 26 heavy (non-hydrogen) atoms. The van der Waals surface area contributed by atoms with Gasteiger partial charge in [0, 0.05) is 0 Å². The molecule has 0 saturated heterocycles. The molecule has 7 nitrogen and oxygen atoms in total. The van der Waals surface area contributed by atoms with Gasteiger partial charge in [-0.1, -0.05) is 0 Å². The van der Waals surface area contributed by atoms with Gasteiger partial charge in [-0.05, 0) is 64.6 Å². The van der Waals surface area contributed by atoms with Crippen LogP contribution in [-0.4, -0.2) is 44.7 Å². The van der Waals surface area contributed by atoms with E-state index in [0.29, 0.717) is 17.1 Å². The number of carbonyl (C=O) groups excluding carboxylic acids is 1. The van der Waals surface area contributed by atoms with Crippen LogP contribution in [0.25, 0.3) is 0 Å². The number of aliphatic hydroxyl groups excluding tert-OH is 1. The maximum absolute atomic E-state index is 11.4. The molecule has 2 rings (SSSR count). The van der Waals surface area contributed by atoms with Gasteiger partial charge in [-0.2, -0.15) is 5.10 Å². The van der Waals surface area contributed by atoms with E-state index in [0.717, 1.165) is 14.8 Å². The summed E-state index contributed by atoms with van der Waals surface area (Å²) in [5, 5.41) is 13.1. The average Bonchev–Trinajstić information content (AvgIpc) is 2.66. The number of nitrogens with one attached hydrogen (secondary N) is 1. The summed E-state index contributed by atoms with van der Waals surface area (Å²) >= 11 is 2.14. The van der Waals surface area contributed by atoms with Gasteiger partial charge < -0.3 is 19.3 Å². The van der Waals surface area contributed by atoms with E-state index in [-0.39, 0.29) is 19.2 Å². The molecule has 0 radical (unpaired) electrons. The maximum Gasteiger partial charge on any atom is 0.337 e. The number of nitrogens with zero attached hydrogens (tertiary/aromatic N) is 1. The monoisotopic (exact) mass is 470 g/mol. The molecule has 0 atom stereocenters. The lowest BCUT2D eigenvalue weighted by molar-refractivity contribution is 0.0601. The molecule has 0 bridgehead atoms. The summed E-state index contributed by atoms with van der Waals surface area (Å²) in [6, 6.07) is 10.5. The zero-order valence-corrected chi connectivity index (χ0v) is 16.5. The number of ether oxygens (including phenoxy) is 3. The number of aliphatic hydroxyl groups is 1. The number of halogens is 1. The van der Waals surface area contributed by atoms with E-state index in [1.165, 1.54) is 7.11 Å². The summed E-state index contributed by atoms with van der Waals surface area (Å²) in [6.45, 7) is 0.129. The highest BCUT2D eigenvalue weighted by atomic mass is 127. The van der Waals surface area contributed by atoms with Crippen LogP contribution in [0.1, 0.15) is 15.9 Å². The predicted octanol–water partition coefficient (Wildman–Crippen LogP) is 2.90. The largest absolute Gasteiger partial charge is 0.493 e. The van der Waals surface area contributed by atoms with Crippen molar-refractivity contribution in [1.82, 2.24) is 0 Å². The van der Waals surface area contributed by atoms with E-state index in [4.69, 9.17) is 14.6 Å². The Balaban J connectivity index is 2.08. The van der Waals surface area contributed by atoms with Crippen molar-refractivity contribution in [3.05, 3.63) is 51.1 Å². The molecular weight excluding hydrogens is 451 g/mol. The first-order valence-corrected chi connectivity index (χ1v) is 8.75. The zero-order valence-electron chi connectivity index (χ0n) is 14.4. The number of hydrogen-bond donors (Lipinski definition) is 2. The Morgan fingerprint density at radius 2 is 2.00 bits per heavy atom. The first-order chi connectivity index (χ1) is 12.6. The standard InChI is InChI=1S/C18H19IN2O5/c1-24-16-10-12(9-15(19)17(16)26-8-7-22)11-20-21-14-5-3-13(4-6-14)18(23)25-2/h3-6,9-11,21-22H,7-8H2,1-2H3. The Bertz CT molecular complexity index is 778. The number of esters is 1. The molecule has 0 fully saturated rings. The summed E-state index contributed by atoms with van der Waals surface area (Å²) in [5.74, 6) is 0.769. The summed E-state index contributed by atoms with van der Waals surface area (Å²) < 4.78 is 16.3. The van der Waals surface area contributed by atoms with Crippen molar-refractivity contribution in [2.24, 2.45) is 5.10 Å². The lowest BCUT2D eigenvalue weighted by atomic mass is 10.2. The predicted molar refractivity (Wildman–Crippen MR) is 107 cm³/mol. The van der Waals surface area contributed by atoms with Crippen LogP contribution < -0.4 is 14.9 Å². The van der Waals surface area contributed by atoms with Gasteiger partial charge in [0.1, 0.15) is 6.61 Å². The molecule has 2 N–H and O–H groups in total. The third-order valence-electron chi connectivity index (χ3n) is 3.30. The summed E-state index contributed by atoms with van der Waals surface area (Å²) in [7, 11) is 2.90. The van der Waals surface area contributed by atoms with Crippen LogP contribution in [0.3, 0.4) is 0 Å². The molecule has 0 aliphatic rings. The number of hydrogen-bond acceptors (Lipinski definition) is 7. The molecule has 2 aromatic carbocycles. The van der Waals surface area contributed by atoms with Gasteiger partial charge in [-0.3, -0.25) is 5.43 Å². The summed E-state index contributed by atoms with van der Waals surface area (Å²) in [4.78, 5) is 11.4. The van der Waals surface area contributed by atoms with Gasteiger partial charge in [0.05, 0.1) is 41.9 Å². The second kappa shape index (κ2) is 9.97. The third kappa shape index (κ3) is 5.33. The second-order valence-electron chi connectivity index (χ2n) is 5.05. The van der Waals surface area contributed by atoms with Crippen molar-refractivity contribution in [3.63, 3.8) is 0 Å². The molecule has 0 spiro atoms. The van der Waals surface area contributed by atoms with Crippen molar-refractivity contribution in [3.8, 4) is 11.5 Å². The fourth-order valence-electron chi connectivity index (χ4n) is 2.08. The Morgan fingerprint density at radius 1 is 1.27 bits per heavy atom. The van der Waals surface area contributed by atoms with Gasteiger partial charge in [-0.25, -0.2) is 4.79 Å². The van der Waals surface area contributed by atoms with Crippen LogP contribution in [0.15, 0.2) is 41.5 Å². The van der Waals surface area contributed by atoms with Crippen LogP contribution in [0.5, 0.6) is 11.5 Å². The minimum atomic E-state index is -0.384. The quantitative estimate of drug-likeness (QED) is 0.267. The van der Waals surface area contributed by atoms with Crippen LogP contribution in [0.4, 0.5) is 5.69 Å². The lowest BCUT2D eigenvalue weighted by Crippen LogP contribution is -2.05. The second-order valence-corrected chi connectivity index (χ2v) is 6.21. The van der Waals surface area contributed by atoms with E-state index in [2.05, 4.69) is 37.9 Å². The minimum Gasteiger partial charge on any atom is -0.493 e. The number of rotatable bonds is 8. The fraction of sp³-hybridized carbons (Fsp3) is 0.222. The van der Waals surface area contributed by atoms with Crippen molar-refractivity contribution >= 4 is 40.5 Å². The summed E-state index contributed by atoms with van der Waals surface area (Å²) in [5.41, 5.74) is 4.92. The Kier molecular flexibility index (Phi) is 7.67. The molecule has 0 saturated carbocycles. The first-order valence-electron chi connectivity index (χ1n) is 7.67. The number of anilines is 1. The van der Waals surface area contributed by atoms with Crippen LogP contribution in [0.2, 0.25) is 0 Å². The highest BCUT2D eigenvalue weighted by Gasteiger charge is 2.11. The number of hydrazone groups is 1. The van der Waals surface area contributed by atoms with Gasteiger partial charge in [-0.15, -0.1) is 0 Å². The zero-order chi connectivity index (χ0) is 18.9. The molecule has 0 aliphatic heterocycles. The Hall–Kier alpha value is -2.33. The van der Waals surface area contributed by atoms with Crippen molar-refractivity contribution in [1.29, 1.82) is 0 Å². The van der Waals surface area contributed by atoms with Gasteiger partial charge >= 0.3 is 5.97 Å². The van der Waals surface area contributed by atoms with Crippen molar-refractivity contribution in [2.75, 3.05) is 32.9 Å². The minimum absolute atomic E-state index is 0.0683. The van der Waals surface area contributed by atoms with Crippen LogP contribution >= 0.6 is 22.6 Å². The third-order valence-corrected chi connectivity index (χ3v) is 4.10. The highest BCUT2D eigenvalue weighted by Crippen LogP contribution is 2.33. The summed E-state index contributed by atoms with van der Waals surface area (Å²) in [6.07, 6.45) is 1.65. The SMILES string of the molecule is COC(=O)c1ccc(NN=Cc2cc(I)c(OCCO)c(OC)c2)cc1. The van der Waals surface area contributed by atoms with E-state index < -0.39 is 0 Å². The molecule has 0 aromatic heterocycles. The molecule has 138 valence electrons. The van der Waals surface area contributed by atoms with Crippen LogP contribution in [-0.2, 0) is 4.74 Å². The van der Waals surface area contributed by atoms with E-state index in [1.807, 2.05) is 6.07 Å².